The van der Waals surface area contributed by atoms with Gasteiger partial charge in [0.2, 0.25) is 0 Å². The van der Waals surface area contributed by atoms with Gasteiger partial charge in [-0.25, -0.2) is 0 Å². The Kier molecular flexibility index (Phi) is 7.00. The predicted octanol–water partition coefficient (Wildman–Crippen LogP) is 10.1. The molecule has 5 aromatic carbocycles. The highest BCUT2D eigenvalue weighted by molar-refractivity contribution is 6.62. The molecular formula is C43H36BNO3. The van der Waals surface area contributed by atoms with E-state index in [0.29, 0.717) is 0 Å². The van der Waals surface area contributed by atoms with Gasteiger partial charge in [-0.3, -0.25) is 0 Å². The van der Waals surface area contributed by atoms with Crippen LogP contribution < -0.4 is 5.46 Å². The van der Waals surface area contributed by atoms with E-state index in [-0.39, 0.29) is 0 Å². The van der Waals surface area contributed by atoms with E-state index in [9.17, 15) is 0 Å². The minimum atomic E-state index is -0.524. The number of furan rings is 1. The molecule has 7 aromatic rings. The van der Waals surface area contributed by atoms with E-state index < -0.39 is 18.3 Å². The van der Waals surface area contributed by atoms with Gasteiger partial charge < -0.3 is 18.3 Å². The first-order valence-corrected chi connectivity index (χ1v) is 16.4. The third-order valence-corrected chi connectivity index (χ3v) is 10.1. The molecule has 0 atom stereocenters. The smallest absolute Gasteiger partial charge is 0.456 e. The quantitative estimate of drug-likeness (QED) is 0.141. The molecule has 4 nitrogen and oxygen atoms in total. The monoisotopic (exact) mass is 625 g/mol. The number of hydrogen-bond donors (Lipinski definition) is 0. The van der Waals surface area contributed by atoms with Crippen molar-refractivity contribution in [3.63, 3.8) is 0 Å². The van der Waals surface area contributed by atoms with E-state index in [0.717, 1.165) is 61.2 Å². The lowest BCUT2D eigenvalue weighted by atomic mass is 9.76. The fraction of sp³-hybridized carbons (Fsp3) is 0.163. The lowest BCUT2D eigenvalue weighted by molar-refractivity contribution is 0.00578. The van der Waals surface area contributed by atoms with Crippen LogP contribution in [0.25, 0.3) is 66.8 Å². The Hall–Kier alpha value is -5.28. The van der Waals surface area contributed by atoms with E-state index in [2.05, 4.69) is 154 Å². The summed E-state index contributed by atoms with van der Waals surface area (Å²) < 4.78 is 22.0. The topological polar surface area (TPSA) is 36.5 Å². The van der Waals surface area contributed by atoms with Crippen LogP contribution in [-0.2, 0) is 9.31 Å². The Bertz CT molecular complexity index is 2420. The molecule has 5 heteroatoms. The fourth-order valence-corrected chi connectivity index (χ4v) is 6.87. The van der Waals surface area contributed by atoms with E-state index >= 15 is 0 Å². The number of aryl methyl sites for hydroxylation is 1. The summed E-state index contributed by atoms with van der Waals surface area (Å²) in [5, 5.41) is 3.47. The minimum absolute atomic E-state index is 0.470. The van der Waals surface area contributed by atoms with Gasteiger partial charge in [0.25, 0.3) is 0 Å². The van der Waals surface area contributed by atoms with Crippen molar-refractivity contribution < 1.29 is 13.7 Å². The van der Waals surface area contributed by atoms with Crippen LogP contribution in [0.5, 0.6) is 0 Å². The van der Waals surface area contributed by atoms with Gasteiger partial charge >= 0.3 is 7.12 Å². The van der Waals surface area contributed by atoms with Gasteiger partial charge in [-0.1, -0.05) is 78.7 Å². The summed E-state index contributed by atoms with van der Waals surface area (Å²) in [6, 6.07) is 38.8. The predicted molar refractivity (Wildman–Crippen MR) is 200 cm³/mol. The molecule has 2 aromatic heterocycles. The third-order valence-electron chi connectivity index (χ3n) is 10.1. The average Bonchev–Trinajstić information content (AvgIpc) is 3.68. The van der Waals surface area contributed by atoms with Crippen molar-refractivity contribution in [1.82, 2.24) is 4.57 Å². The van der Waals surface area contributed by atoms with Gasteiger partial charge in [0.1, 0.15) is 11.3 Å². The highest BCUT2D eigenvalue weighted by atomic mass is 16.7. The lowest BCUT2D eigenvalue weighted by Gasteiger charge is -2.32. The molecule has 3 heterocycles. The van der Waals surface area contributed by atoms with Crippen LogP contribution in [-0.4, -0.2) is 22.9 Å². The van der Waals surface area contributed by atoms with Crippen molar-refractivity contribution in [2.75, 3.05) is 0 Å². The maximum Gasteiger partial charge on any atom is 0.494 e. The first-order valence-electron chi connectivity index (χ1n) is 16.4. The van der Waals surface area contributed by atoms with E-state index in [1.807, 2.05) is 6.08 Å². The molecule has 0 N–H and O–H groups in total. The molecule has 234 valence electrons. The molecule has 0 spiro atoms. The van der Waals surface area contributed by atoms with Gasteiger partial charge in [0.05, 0.1) is 22.2 Å². The Morgan fingerprint density at radius 3 is 2.15 bits per heavy atom. The number of rotatable bonds is 5. The van der Waals surface area contributed by atoms with Crippen LogP contribution in [0.3, 0.4) is 0 Å². The summed E-state index contributed by atoms with van der Waals surface area (Å²) in [5.74, 6) is 3.34. The Labute approximate surface area is 281 Å². The van der Waals surface area contributed by atoms with Gasteiger partial charge in [0.15, 0.2) is 0 Å². The SMILES string of the molecule is C#C/C=C\c1oc2c(-c3cc(B4OC(C)(C)C(C)(C)O4)cc(-c4ccc5c(c4)c4ccccc4n5-c4ccccc4)c3)cccc2c1C. The summed E-state index contributed by atoms with van der Waals surface area (Å²) in [6.07, 6.45) is 9.05. The van der Waals surface area contributed by atoms with Crippen LogP contribution in [0.2, 0.25) is 0 Å². The van der Waals surface area contributed by atoms with Crippen LogP contribution in [0.1, 0.15) is 39.0 Å². The molecule has 0 bridgehead atoms. The number of nitrogens with zero attached hydrogens (tertiary/aromatic N) is 1. The number of para-hydroxylation sites is 3. The molecule has 1 aliphatic rings. The van der Waals surface area contributed by atoms with Crippen molar-refractivity contribution in [3.05, 3.63) is 127 Å². The minimum Gasteiger partial charge on any atom is -0.456 e. The van der Waals surface area contributed by atoms with Crippen molar-refractivity contribution >= 4 is 51.4 Å². The maximum absolute atomic E-state index is 6.59. The second-order valence-electron chi connectivity index (χ2n) is 13.6. The van der Waals surface area contributed by atoms with Crippen molar-refractivity contribution in [2.24, 2.45) is 0 Å². The van der Waals surface area contributed by atoms with Gasteiger partial charge in [-0.15, -0.1) is 6.42 Å². The van der Waals surface area contributed by atoms with Crippen molar-refractivity contribution in [3.8, 4) is 40.3 Å². The molecule has 0 unspecified atom stereocenters. The van der Waals surface area contributed by atoms with Crippen LogP contribution in [0, 0.1) is 19.3 Å². The summed E-state index contributed by atoms with van der Waals surface area (Å²) in [7, 11) is -0.524. The Balaban J connectivity index is 1.35. The second kappa shape index (κ2) is 11.2. The zero-order valence-electron chi connectivity index (χ0n) is 27.9. The van der Waals surface area contributed by atoms with E-state index in [4.69, 9.17) is 20.1 Å². The summed E-state index contributed by atoms with van der Waals surface area (Å²) >= 11 is 0. The molecule has 8 rings (SSSR count). The molecular weight excluding hydrogens is 589 g/mol. The molecule has 1 fully saturated rings. The first-order chi connectivity index (χ1) is 23.1. The number of aromatic nitrogens is 1. The fourth-order valence-electron chi connectivity index (χ4n) is 6.87. The molecule has 0 saturated carbocycles. The zero-order chi connectivity index (χ0) is 33.2. The van der Waals surface area contributed by atoms with Crippen LogP contribution >= 0.6 is 0 Å². The zero-order valence-corrected chi connectivity index (χ0v) is 27.9. The average molecular weight is 626 g/mol. The maximum atomic E-state index is 6.59. The van der Waals surface area contributed by atoms with Crippen molar-refractivity contribution in [1.29, 1.82) is 0 Å². The lowest BCUT2D eigenvalue weighted by Crippen LogP contribution is -2.41. The van der Waals surface area contributed by atoms with Crippen molar-refractivity contribution in [2.45, 2.75) is 45.8 Å². The number of allylic oxidation sites excluding steroid dienone is 1. The highest BCUT2D eigenvalue weighted by Crippen LogP contribution is 2.40. The third kappa shape index (κ3) is 4.80. The number of benzene rings is 5. The normalized spacial score (nSPS) is 15.6. The highest BCUT2D eigenvalue weighted by Gasteiger charge is 2.51. The number of hydrogen-bond acceptors (Lipinski definition) is 3. The van der Waals surface area contributed by atoms with Crippen LogP contribution in [0.15, 0.2) is 120 Å². The van der Waals surface area contributed by atoms with Crippen LogP contribution in [0.4, 0.5) is 0 Å². The Morgan fingerprint density at radius 1 is 0.688 bits per heavy atom. The Morgan fingerprint density at radius 2 is 1.38 bits per heavy atom. The molecule has 0 amide bonds. The number of terminal acetylenes is 1. The number of fused-ring (bicyclic) bond motifs is 4. The molecule has 1 saturated heterocycles. The first kappa shape index (κ1) is 30.1. The van der Waals surface area contributed by atoms with Gasteiger partial charge in [0, 0.05) is 33.0 Å². The standard InChI is InChI=1S/C43H36BNO3/c1-7-8-21-40-28(2)34-18-14-19-35(41(34)46-40)31-24-30(25-32(26-31)44-47-42(3,4)43(5,6)48-44)29-22-23-39-37(27-29)36-17-12-13-20-38(36)45(39)33-15-10-9-11-16-33/h1,8-27H,2-6H3/b21-8-. The molecule has 48 heavy (non-hydrogen) atoms. The molecule has 0 radical (unpaired) electrons. The van der Waals surface area contributed by atoms with E-state index in [1.165, 1.54) is 16.3 Å². The largest absolute Gasteiger partial charge is 0.494 e. The van der Waals surface area contributed by atoms with Gasteiger partial charge in [-0.05, 0) is 105 Å². The van der Waals surface area contributed by atoms with E-state index in [1.54, 1.807) is 6.08 Å². The molecule has 0 aliphatic carbocycles. The molecule has 1 aliphatic heterocycles. The van der Waals surface area contributed by atoms with Gasteiger partial charge in [-0.2, -0.15) is 0 Å². The second-order valence-corrected chi connectivity index (χ2v) is 13.6. The summed E-state index contributed by atoms with van der Waals surface area (Å²) in [5.41, 5.74) is 9.58. The summed E-state index contributed by atoms with van der Waals surface area (Å²) in [6.45, 7) is 10.4. The summed E-state index contributed by atoms with van der Waals surface area (Å²) in [4.78, 5) is 0.